The average molecular weight is 266 g/mol. The van der Waals surface area contributed by atoms with Crippen LogP contribution < -0.4 is 17.1 Å². The van der Waals surface area contributed by atoms with Gasteiger partial charge in [-0.1, -0.05) is 37.3 Å². The first-order valence-electron chi connectivity index (χ1n) is 6.30. The summed E-state index contributed by atoms with van der Waals surface area (Å²) in [6, 6.07) is 9.08. The highest BCUT2D eigenvalue weighted by atomic mass is 16.5. The van der Waals surface area contributed by atoms with E-state index < -0.39 is 6.03 Å². The van der Waals surface area contributed by atoms with Crippen molar-refractivity contribution in [3.05, 3.63) is 35.9 Å². The molecule has 0 fully saturated rings. The summed E-state index contributed by atoms with van der Waals surface area (Å²) >= 11 is 0. The number of hydrogen-bond donors (Lipinski definition) is 3. The van der Waals surface area contributed by atoms with Crippen molar-refractivity contribution >= 4 is 6.03 Å². The second-order valence-corrected chi connectivity index (χ2v) is 4.33. The van der Waals surface area contributed by atoms with Crippen molar-refractivity contribution in [1.29, 1.82) is 0 Å². The predicted molar refractivity (Wildman–Crippen MR) is 73.5 cm³/mol. The molecule has 1 aromatic rings. The molecule has 6 nitrogen and oxygen atoms in total. The van der Waals surface area contributed by atoms with Crippen LogP contribution in [0.2, 0.25) is 0 Å². The van der Waals surface area contributed by atoms with Crippen LogP contribution in [0.4, 0.5) is 4.79 Å². The molecule has 1 aromatic carbocycles. The summed E-state index contributed by atoms with van der Waals surface area (Å²) in [6.45, 7) is 4.31. The molecule has 0 aliphatic heterocycles. The molecule has 106 valence electrons. The lowest BCUT2D eigenvalue weighted by Gasteiger charge is -2.30. The standard InChI is InChI=1S/C13H22N4O2/c1-3-12(17(15)13(18)16-14)10(2)19-9-11-7-5-4-6-8-11/h4-8,10,12H,3,9,14-15H2,1-2H3,(H,16,18)/t10-,12-/m0/s1. The number of urea groups is 1. The van der Waals surface area contributed by atoms with Crippen molar-refractivity contribution in [2.75, 3.05) is 0 Å². The maximum atomic E-state index is 11.4. The van der Waals surface area contributed by atoms with Crippen LogP contribution >= 0.6 is 0 Å². The summed E-state index contributed by atoms with van der Waals surface area (Å²) in [4.78, 5) is 11.4. The Bertz CT molecular complexity index is 385. The van der Waals surface area contributed by atoms with Gasteiger partial charge in [0.2, 0.25) is 0 Å². The van der Waals surface area contributed by atoms with E-state index >= 15 is 0 Å². The summed E-state index contributed by atoms with van der Waals surface area (Å²) in [7, 11) is 0. The average Bonchev–Trinajstić information content (AvgIpc) is 2.45. The zero-order valence-electron chi connectivity index (χ0n) is 11.4. The van der Waals surface area contributed by atoms with Gasteiger partial charge in [-0.25, -0.2) is 16.5 Å². The van der Waals surface area contributed by atoms with Crippen LogP contribution in [0.25, 0.3) is 0 Å². The zero-order chi connectivity index (χ0) is 14.3. The van der Waals surface area contributed by atoms with Gasteiger partial charge in [-0.2, -0.15) is 0 Å². The Morgan fingerprint density at radius 1 is 1.42 bits per heavy atom. The van der Waals surface area contributed by atoms with E-state index in [1.54, 1.807) is 0 Å². The van der Waals surface area contributed by atoms with Gasteiger partial charge in [-0.3, -0.25) is 10.4 Å². The lowest BCUT2D eigenvalue weighted by molar-refractivity contribution is -0.00371. The van der Waals surface area contributed by atoms with Crippen LogP contribution in [-0.2, 0) is 11.3 Å². The van der Waals surface area contributed by atoms with E-state index in [2.05, 4.69) is 0 Å². The molecule has 0 aliphatic carbocycles. The highest BCUT2D eigenvalue weighted by Gasteiger charge is 2.25. The van der Waals surface area contributed by atoms with Crippen LogP contribution in [0, 0.1) is 0 Å². The van der Waals surface area contributed by atoms with Crippen molar-refractivity contribution in [3.8, 4) is 0 Å². The van der Waals surface area contributed by atoms with E-state index in [9.17, 15) is 4.79 Å². The number of benzene rings is 1. The molecule has 5 N–H and O–H groups in total. The van der Waals surface area contributed by atoms with Gasteiger partial charge in [-0.05, 0) is 18.9 Å². The van der Waals surface area contributed by atoms with Crippen molar-refractivity contribution in [1.82, 2.24) is 10.4 Å². The van der Waals surface area contributed by atoms with Gasteiger partial charge in [0.15, 0.2) is 0 Å². The van der Waals surface area contributed by atoms with Gasteiger partial charge in [0, 0.05) is 0 Å². The summed E-state index contributed by atoms with van der Waals surface area (Å²) in [6.07, 6.45) is 0.493. The highest BCUT2D eigenvalue weighted by molar-refractivity contribution is 5.73. The van der Waals surface area contributed by atoms with Crippen LogP contribution in [0.5, 0.6) is 0 Å². The van der Waals surface area contributed by atoms with Crippen LogP contribution in [0.1, 0.15) is 25.8 Å². The van der Waals surface area contributed by atoms with Gasteiger partial charge in [0.25, 0.3) is 0 Å². The molecule has 0 unspecified atom stereocenters. The van der Waals surface area contributed by atoms with Crippen LogP contribution in [-0.4, -0.2) is 23.2 Å². The molecule has 1 rings (SSSR count). The molecule has 19 heavy (non-hydrogen) atoms. The molecule has 0 spiro atoms. The van der Waals surface area contributed by atoms with Gasteiger partial charge in [-0.15, -0.1) is 0 Å². The molecular weight excluding hydrogens is 244 g/mol. The number of ether oxygens (including phenoxy) is 1. The van der Waals surface area contributed by atoms with Gasteiger partial charge >= 0.3 is 6.03 Å². The summed E-state index contributed by atoms with van der Waals surface area (Å²) in [5, 5.41) is 1.08. The van der Waals surface area contributed by atoms with Crippen LogP contribution in [0.15, 0.2) is 30.3 Å². The summed E-state index contributed by atoms with van der Waals surface area (Å²) < 4.78 is 5.75. The minimum absolute atomic E-state index is 0.187. The van der Waals surface area contributed by atoms with Crippen molar-refractivity contribution in [3.63, 3.8) is 0 Å². The fourth-order valence-corrected chi connectivity index (χ4v) is 1.89. The third-order valence-corrected chi connectivity index (χ3v) is 3.03. The van der Waals surface area contributed by atoms with Gasteiger partial charge < -0.3 is 4.74 Å². The molecule has 6 heteroatoms. The number of carbonyl (C=O) groups excluding carboxylic acids is 1. The number of nitrogens with two attached hydrogens (primary N) is 2. The molecule has 0 heterocycles. The maximum absolute atomic E-state index is 11.4. The van der Waals surface area contributed by atoms with Gasteiger partial charge in [0.05, 0.1) is 18.8 Å². The fourth-order valence-electron chi connectivity index (χ4n) is 1.89. The maximum Gasteiger partial charge on any atom is 0.345 e. The Morgan fingerprint density at radius 3 is 2.58 bits per heavy atom. The number of hydrazine groups is 2. The largest absolute Gasteiger partial charge is 0.372 e. The molecular formula is C13H22N4O2. The summed E-state index contributed by atoms with van der Waals surface area (Å²) in [5.74, 6) is 10.8. The first-order chi connectivity index (χ1) is 9.10. The Balaban J connectivity index is 2.54. The molecule has 2 atom stereocenters. The lowest BCUT2D eigenvalue weighted by atomic mass is 10.1. The number of nitrogens with one attached hydrogen (secondary N) is 1. The molecule has 0 aliphatic rings. The quantitative estimate of drug-likeness (QED) is 0.409. The lowest BCUT2D eigenvalue weighted by Crippen LogP contribution is -2.55. The van der Waals surface area contributed by atoms with Crippen molar-refractivity contribution < 1.29 is 9.53 Å². The van der Waals surface area contributed by atoms with Crippen molar-refractivity contribution in [2.45, 2.75) is 39.0 Å². The Kier molecular flexibility index (Phi) is 6.27. The number of carbonyl (C=O) groups is 1. The third kappa shape index (κ3) is 4.51. The molecule has 0 radical (unpaired) electrons. The smallest absolute Gasteiger partial charge is 0.345 e. The Hall–Kier alpha value is -1.63. The van der Waals surface area contributed by atoms with E-state index in [0.717, 1.165) is 10.6 Å². The second-order valence-electron chi connectivity index (χ2n) is 4.33. The molecule has 0 aromatic heterocycles. The molecule has 0 bridgehead atoms. The topological polar surface area (TPSA) is 93.6 Å². The van der Waals surface area contributed by atoms with E-state index in [0.29, 0.717) is 13.0 Å². The minimum Gasteiger partial charge on any atom is -0.372 e. The fraction of sp³-hybridized carbons (Fsp3) is 0.462. The Morgan fingerprint density at radius 2 is 2.05 bits per heavy atom. The first kappa shape index (κ1) is 15.4. The van der Waals surface area contributed by atoms with Crippen LogP contribution in [0.3, 0.4) is 0 Å². The molecule has 0 saturated heterocycles. The van der Waals surface area contributed by atoms with Gasteiger partial charge in [0.1, 0.15) is 0 Å². The monoisotopic (exact) mass is 266 g/mol. The normalized spacial score (nSPS) is 13.7. The first-order valence-corrected chi connectivity index (χ1v) is 6.30. The van der Waals surface area contributed by atoms with E-state index in [1.807, 2.05) is 49.6 Å². The zero-order valence-corrected chi connectivity index (χ0v) is 11.4. The van der Waals surface area contributed by atoms with E-state index in [4.69, 9.17) is 16.4 Å². The highest BCUT2D eigenvalue weighted by Crippen LogP contribution is 2.12. The second kappa shape index (κ2) is 7.73. The number of nitrogens with zero attached hydrogens (tertiary/aromatic N) is 1. The Labute approximate surface area is 113 Å². The number of hydrogen-bond acceptors (Lipinski definition) is 4. The number of rotatable bonds is 6. The third-order valence-electron chi connectivity index (χ3n) is 3.03. The van der Waals surface area contributed by atoms with Crippen molar-refractivity contribution in [2.24, 2.45) is 11.7 Å². The van der Waals surface area contributed by atoms with E-state index in [-0.39, 0.29) is 12.1 Å². The molecule has 0 saturated carbocycles. The number of amides is 2. The van der Waals surface area contributed by atoms with E-state index in [1.165, 1.54) is 0 Å². The predicted octanol–water partition coefficient (Wildman–Crippen LogP) is 1.13. The minimum atomic E-state index is -0.526. The summed E-state index contributed by atoms with van der Waals surface area (Å²) in [5.41, 5.74) is 3.09. The SMILES string of the molecule is CC[C@@H]([C@H](C)OCc1ccccc1)N(N)C(=O)NN. The molecule has 2 amide bonds.